The van der Waals surface area contributed by atoms with Crippen LogP contribution in [-0.2, 0) is 6.42 Å². The monoisotopic (exact) mass is 311 g/mol. The van der Waals surface area contributed by atoms with Gasteiger partial charge in [-0.2, -0.15) is 0 Å². The van der Waals surface area contributed by atoms with Gasteiger partial charge in [-0.3, -0.25) is 0 Å². The summed E-state index contributed by atoms with van der Waals surface area (Å²) in [5.74, 6) is 0.515. The van der Waals surface area contributed by atoms with Crippen molar-refractivity contribution in [1.82, 2.24) is 5.32 Å². The van der Waals surface area contributed by atoms with E-state index in [1.807, 2.05) is 6.92 Å². The molecule has 0 spiro atoms. The molecule has 0 saturated carbocycles. The second-order valence-corrected chi connectivity index (χ2v) is 6.35. The van der Waals surface area contributed by atoms with Gasteiger partial charge < -0.3 is 10.4 Å². The molecule has 0 saturated heterocycles. The smallest absolute Gasteiger partial charge is 0.0515 e. The molecule has 1 aliphatic rings. The highest BCUT2D eigenvalue weighted by molar-refractivity contribution is 9.10. The number of benzene rings is 1. The third-order valence-electron chi connectivity index (χ3n) is 3.67. The van der Waals surface area contributed by atoms with Gasteiger partial charge in [-0.05, 0) is 55.8 Å². The summed E-state index contributed by atoms with van der Waals surface area (Å²) in [7, 11) is 0. The van der Waals surface area contributed by atoms with Gasteiger partial charge in [-0.25, -0.2) is 0 Å². The van der Waals surface area contributed by atoms with Crippen LogP contribution in [-0.4, -0.2) is 17.8 Å². The molecule has 0 radical (unpaired) electrons. The summed E-state index contributed by atoms with van der Waals surface area (Å²) in [6.45, 7) is 5.02. The molecule has 0 heterocycles. The highest BCUT2D eigenvalue weighted by atomic mass is 79.9. The number of halogens is 1. The lowest BCUT2D eigenvalue weighted by atomic mass is 10.0. The second kappa shape index (κ2) is 6.18. The minimum absolute atomic E-state index is 0.202. The van der Waals surface area contributed by atoms with Crippen LogP contribution in [0.3, 0.4) is 0 Å². The third-order valence-corrected chi connectivity index (χ3v) is 4.41. The maximum absolute atomic E-state index is 9.37. The van der Waals surface area contributed by atoms with Crippen molar-refractivity contribution in [3.63, 3.8) is 0 Å². The van der Waals surface area contributed by atoms with Crippen LogP contribution in [0, 0.1) is 5.92 Å². The van der Waals surface area contributed by atoms with Crippen LogP contribution in [0.1, 0.15) is 43.9 Å². The number of aliphatic hydroxyl groups is 1. The fourth-order valence-corrected chi connectivity index (χ4v) is 3.41. The minimum atomic E-state index is -0.202. The van der Waals surface area contributed by atoms with E-state index in [1.165, 1.54) is 22.0 Å². The van der Waals surface area contributed by atoms with Gasteiger partial charge in [-0.15, -0.1) is 0 Å². The van der Waals surface area contributed by atoms with E-state index in [0.29, 0.717) is 12.0 Å². The van der Waals surface area contributed by atoms with Crippen molar-refractivity contribution in [1.29, 1.82) is 0 Å². The second-order valence-electron chi connectivity index (χ2n) is 5.50. The maximum Gasteiger partial charge on any atom is 0.0515 e. The number of nitrogens with one attached hydrogen (secondary N) is 1. The highest BCUT2D eigenvalue weighted by Gasteiger charge is 2.23. The first-order valence-corrected chi connectivity index (χ1v) is 7.56. The van der Waals surface area contributed by atoms with Crippen LogP contribution in [0.15, 0.2) is 22.7 Å². The normalized spacial score (nSPS) is 21.7. The van der Waals surface area contributed by atoms with Gasteiger partial charge in [0.2, 0.25) is 0 Å². The van der Waals surface area contributed by atoms with Crippen molar-refractivity contribution in [2.45, 2.75) is 45.3 Å². The molecule has 18 heavy (non-hydrogen) atoms. The van der Waals surface area contributed by atoms with Gasteiger partial charge in [0, 0.05) is 10.5 Å². The standard InChI is InChI=1S/C15H22BrNO/c1-10(8-11(2)18)9-17-15-7-6-12-13(15)4-3-5-14(12)16/h3-5,10-11,15,17-18H,6-9H2,1-2H3. The number of hydrogen-bond donors (Lipinski definition) is 2. The molecule has 3 atom stereocenters. The van der Waals surface area contributed by atoms with Crippen LogP contribution in [0.5, 0.6) is 0 Å². The van der Waals surface area contributed by atoms with Crippen LogP contribution in [0.25, 0.3) is 0 Å². The molecular formula is C15H22BrNO. The first kappa shape index (κ1) is 14.0. The molecule has 3 heteroatoms. The van der Waals surface area contributed by atoms with Gasteiger partial charge >= 0.3 is 0 Å². The molecular weight excluding hydrogens is 290 g/mol. The van der Waals surface area contributed by atoms with E-state index in [2.05, 4.69) is 46.4 Å². The van der Waals surface area contributed by atoms with Crippen LogP contribution in [0.2, 0.25) is 0 Å². The molecule has 0 amide bonds. The zero-order chi connectivity index (χ0) is 13.1. The van der Waals surface area contributed by atoms with Crippen molar-refractivity contribution < 1.29 is 5.11 Å². The Hall–Kier alpha value is -0.380. The van der Waals surface area contributed by atoms with Gasteiger partial charge in [0.25, 0.3) is 0 Å². The van der Waals surface area contributed by atoms with Crippen molar-refractivity contribution in [3.05, 3.63) is 33.8 Å². The lowest BCUT2D eigenvalue weighted by molar-refractivity contribution is 0.162. The van der Waals surface area contributed by atoms with Crippen molar-refractivity contribution in [2.24, 2.45) is 5.92 Å². The fourth-order valence-electron chi connectivity index (χ4n) is 2.83. The minimum Gasteiger partial charge on any atom is -0.393 e. The molecule has 2 nitrogen and oxygen atoms in total. The third kappa shape index (κ3) is 3.34. The summed E-state index contributed by atoms with van der Waals surface area (Å²) in [5.41, 5.74) is 2.90. The van der Waals surface area contributed by atoms with Gasteiger partial charge in [0.1, 0.15) is 0 Å². The Labute approximate surface area is 118 Å². The molecule has 1 aromatic rings. The van der Waals surface area contributed by atoms with Crippen LogP contribution >= 0.6 is 15.9 Å². The molecule has 0 aliphatic heterocycles. The summed E-state index contributed by atoms with van der Waals surface area (Å²) in [6, 6.07) is 6.94. The van der Waals surface area contributed by atoms with E-state index >= 15 is 0 Å². The Bertz CT molecular complexity index is 405. The number of aliphatic hydroxyl groups excluding tert-OH is 1. The Morgan fingerprint density at radius 2 is 2.22 bits per heavy atom. The van der Waals surface area contributed by atoms with E-state index in [-0.39, 0.29) is 6.10 Å². The predicted molar refractivity (Wildman–Crippen MR) is 78.7 cm³/mol. The molecule has 2 rings (SSSR count). The zero-order valence-corrected chi connectivity index (χ0v) is 12.7. The SMILES string of the molecule is CC(O)CC(C)CNC1CCc2c(Br)cccc21. The van der Waals surface area contributed by atoms with Crippen LogP contribution < -0.4 is 5.32 Å². The average molecular weight is 312 g/mol. The Morgan fingerprint density at radius 3 is 2.94 bits per heavy atom. The summed E-state index contributed by atoms with van der Waals surface area (Å²) >= 11 is 3.63. The van der Waals surface area contributed by atoms with Crippen LogP contribution in [0.4, 0.5) is 0 Å². The number of rotatable bonds is 5. The van der Waals surface area contributed by atoms with E-state index in [0.717, 1.165) is 19.4 Å². The van der Waals surface area contributed by atoms with Crippen molar-refractivity contribution in [3.8, 4) is 0 Å². The van der Waals surface area contributed by atoms with Gasteiger partial charge in [0.05, 0.1) is 6.10 Å². The summed E-state index contributed by atoms with van der Waals surface area (Å²) < 4.78 is 1.24. The highest BCUT2D eigenvalue weighted by Crippen LogP contribution is 2.35. The van der Waals surface area contributed by atoms with E-state index in [1.54, 1.807) is 0 Å². The topological polar surface area (TPSA) is 32.3 Å². The number of hydrogen-bond acceptors (Lipinski definition) is 2. The van der Waals surface area contributed by atoms with Crippen molar-refractivity contribution >= 4 is 15.9 Å². The summed E-state index contributed by atoms with van der Waals surface area (Å²) in [6.07, 6.45) is 3.00. The molecule has 0 bridgehead atoms. The lowest BCUT2D eigenvalue weighted by Crippen LogP contribution is -2.26. The van der Waals surface area contributed by atoms with E-state index in [9.17, 15) is 5.11 Å². The molecule has 1 aliphatic carbocycles. The van der Waals surface area contributed by atoms with E-state index in [4.69, 9.17) is 0 Å². The number of fused-ring (bicyclic) bond motifs is 1. The molecule has 0 aromatic heterocycles. The quantitative estimate of drug-likeness (QED) is 0.873. The zero-order valence-electron chi connectivity index (χ0n) is 11.1. The Balaban J connectivity index is 1.92. The maximum atomic E-state index is 9.37. The van der Waals surface area contributed by atoms with E-state index < -0.39 is 0 Å². The molecule has 0 fully saturated rings. The summed E-state index contributed by atoms with van der Waals surface area (Å²) in [4.78, 5) is 0. The Morgan fingerprint density at radius 1 is 1.44 bits per heavy atom. The van der Waals surface area contributed by atoms with Gasteiger partial charge in [-0.1, -0.05) is 35.0 Å². The first-order valence-electron chi connectivity index (χ1n) is 6.76. The lowest BCUT2D eigenvalue weighted by Gasteiger charge is -2.19. The fraction of sp³-hybridized carbons (Fsp3) is 0.600. The molecule has 100 valence electrons. The predicted octanol–water partition coefficient (Wildman–Crippen LogP) is 3.43. The first-order chi connectivity index (χ1) is 8.58. The largest absolute Gasteiger partial charge is 0.393 e. The molecule has 2 N–H and O–H groups in total. The average Bonchev–Trinajstić information content (AvgIpc) is 2.70. The van der Waals surface area contributed by atoms with Crippen molar-refractivity contribution in [2.75, 3.05) is 6.54 Å². The molecule has 3 unspecified atom stereocenters. The molecule has 1 aromatic carbocycles. The Kier molecular flexibility index (Phi) is 4.82. The van der Waals surface area contributed by atoms with Gasteiger partial charge in [0.15, 0.2) is 0 Å². The summed E-state index contributed by atoms with van der Waals surface area (Å²) in [5, 5.41) is 13.0.